The van der Waals surface area contributed by atoms with Crippen LogP contribution in [-0.4, -0.2) is 20.5 Å². The SMILES string of the molecule is CCn1ncnc1CC(=O)c1ccc(C)cc1C. The molecule has 0 saturated heterocycles. The topological polar surface area (TPSA) is 47.8 Å². The first-order valence-corrected chi connectivity index (χ1v) is 6.09. The van der Waals surface area contributed by atoms with Crippen molar-refractivity contribution in [1.29, 1.82) is 0 Å². The first-order valence-electron chi connectivity index (χ1n) is 6.09. The zero-order chi connectivity index (χ0) is 13.1. The maximum absolute atomic E-state index is 12.2. The van der Waals surface area contributed by atoms with Crippen LogP contribution in [0.3, 0.4) is 0 Å². The third-order valence-electron chi connectivity index (χ3n) is 3.00. The number of nitrogens with zero attached hydrogens (tertiary/aromatic N) is 3. The average molecular weight is 243 g/mol. The number of benzene rings is 1. The highest BCUT2D eigenvalue weighted by Gasteiger charge is 2.13. The van der Waals surface area contributed by atoms with Crippen LogP contribution in [0, 0.1) is 13.8 Å². The van der Waals surface area contributed by atoms with Gasteiger partial charge in [-0.1, -0.05) is 23.8 Å². The van der Waals surface area contributed by atoms with E-state index in [2.05, 4.69) is 10.1 Å². The molecule has 0 aliphatic heterocycles. The summed E-state index contributed by atoms with van der Waals surface area (Å²) in [5.74, 6) is 0.817. The predicted octanol–water partition coefficient (Wildman–Crippen LogP) is 2.34. The van der Waals surface area contributed by atoms with Gasteiger partial charge in [-0.05, 0) is 26.3 Å². The quantitative estimate of drug-likeness (QED) is 0.774. The molecule has 0 saturated carbocycles. The van der Waals surface area contributed by atoms with E-state index in [1.807, 2.05) is 39.0 Å². The highest BCUT2D eigenvalue weighted by Crippen LogP contribution is 2.13. The normalized spacial score (nSPS) is 10.6. The fraction of sp³-hybridized carbons (Fsp3) is 0.357. The highest BCUT2D eigenvalue weighted by molar-refractivity contribution is 5.98. The number of rotatable bonds is 4. The molecule has 0 N–H and O–H groups in total. The molecule has 2 rings (SSSR count). The molecule has 0 spiro atoms. The van der Waals surface area contributed by atoms with Gasteiger partial charge in [-0.2, -0.15) is 5.10 Å². The Kier molecular flexibility index (Phi) is 3.55. The summed E-state index contributed by atoms with van der Waals surface area (Å²) < 4.78 is 1.75. The zero-order valence-electron chi connectivity index (χ0n) is 11.0. The second-order valence-corrected chi connectivity index (χ2v) is 4.41. The van der Waals surface area contributed by atoms with Crippen LogP contribution in [0.4, 0.5) is 0 Å². The van der Waals surface area contributed by atoms with Gasteiger partial charge in [0.2, 0.25) is 0 Å². The Balaban J connectivity index is 2.22. The number of aryl methyl sites for hydroxylation is 3. The summed E-state index contributed by atoms with van der Waals surface area (Å²) >= 11 is 0. The lowest BCUT2D eigenvalue weighted by Gasteiger charge is -2.06. The standard InChI is InChI=1S/C14H17N3O/c1-4-17-14(15-9-16-17)8-13(18)12-6-5-10(2)7-11(12)3/h5-7,9H,4,8H2,1-3H3. The van der Waals surface area contributed by atoms with Crippen LogP contribution in [0.15, 0.2) is 24.5 Å². The molecule has 0 bridgehead atoms. The number of aromatic nitrogens is 3. The Morgan fingerprint density at radius 3 is 2.78 bits per heavy atom. The molecular weight excluding hydrogens is 226 g/mol. The van der Waals surface area contributed by atoms with Crippen molar-refractivity contribution in [3.63, 3.8) is 0 Å². The minimum atomic E-state index is 0.0928. The first-order chi connectivity index (χ1) is 8.61. The lowest BCUT2D eigenvalue weighted by atomic mass is 10.0. The van der Waals surface area contributed by atoms with Gasteiger partial charge in [0.25, 0.3) is 0 Å². The molecule has 0 radical (unpaired) electrons. The van der Waals surface area contributed by atoms with Gasteiger partial charge in [-0.3, -0.25) is 4.79 Å². The van der Waals surface area contributed by atoms with Crippen molar-refractivity contribution >= 4 is 5.78 Å². The van der Waals surface area contributed by atoms with E-state index in [0.29, 0.717) is 6.42 Å². The molecule has 1 heterocycles. The van der Waals surface area contributed by atoms with Gasteiger partial charge in [0, 0.05) is 12.1 Å². The van der Waals surface area contributed by atoms with E-state index in [9.17, 15) is 4.79 Å². The monoisotopic (exact) mass is 243 g/mol. The number of carbonyl (C=O) groups excluding carboxylic acids is 1. The molecule has 0 unspecified atom stereocenters. The van der Waals surface area contributed by atoms with Crippen LogP contribution in [-0.2, 0) is 13.0 Å². The number of ketones is 1. The van der Waals surface area contributed by atoms with Gasteiger partial charge >= 0.3 is 0 Å². The van der Waals surface area contributed by atoms with Crippen LogP contribution >= 0.6 is 0 Å². The van der Waals surface area contributed by atoms with Crippen molar-refractivity contribution in [2.24, 2.45) is 0 Å². The van der Waals surface area contributed by atoms with Gasteiger partial charge < -0.3 is 0 Å². The largest absolute Gasteiger partial charge is 0.294 e. The molecule has 0 fully saturated rings. The summed E-state index contributed by atoms with van der Waals surface area (Å²) in [7, 11) is 0. The number of hydrogen-bond acceptors (Lipinski definition) is 3. The lowest BCUT2D eigenvalue weighted by Crippen LogP contribution is -2.11. The van der Waals surface area contributed by atoms with Gasteiger partial charge in [0.15, 0.2) is 5.78 Å². The fourth-order valence-corrected chi connectivity index (χ4v) is 2.05. The fourth-order valence-electron chi connectivity index (χ4n) is 2.05. The van der Waals surface area contributed by atoms with Crippen LogP contribution in [0.25, 0.3) is 0 Å². The van der Waals surface area contributed by atoms with E-state index in [-0.39, 0.29) is 5.78 Å². The van der Waals surface area contributed by atoms with Crippen molar-refractivity contribution < 1.29 is 4.79 Å². The molecular formula is C14H17N3O. The number of Topliss-reactive ketones (excluding diaryl/α,β-unsaturated/α-hetero) is 1. The van der Waals surface area contributed by atoms with Crippen molar-refractivity contribution in [2.75, 3.05) is 0 Å². The van der Waals surface area contributed by atoms with Crippen molar-refractivity contribution in [3.8, 4) is 0 Å². The van der Waals surface area contributed by atoms with E-state index < -0.39 is 0 Å². The third-order valence-corrected chi connectivity index (χ3v) is 3.00. The summed E-state index contributed by atoms with van der Waals surface area (Å²) in [6.45, 7) is 6.70. The summed E-state index contributed by atoms with van der Waals surface area (Å²) in [5.41, 5.74) is 2.95. The van der Waals surface area contributed by atoms with Crippen LogP contribution < -0.4 is 0 Å². The maximum atomic E-state index is 12.2. The molecule has 0 amide bonds. The number of carbonyl (C=O) groups is 1. The van der Waals surface area contributed by atoms with Gasteiger partial charge in [0.05, 0.1) is 6.42 Å². The minimum Gasteiger partial charge on any atom is -0.294 e. The molecule has 0 aliphatic rings. The molecule has 1 aromatic heterocycles. The maximum Gasteiger partial charge on any atom is 0.170 e. The van der Waals surface area contributed by atoms with Crippen molar-refractivity contribution in [3.05, 3.63) is 47.0 Å². The Hall–Kier alpha value is -1.97. The minimum absolute atomic E-state index is 0.0928. The highest BCUT2D eigenvalue weighted by atomic mass is 16.1. The Morgan fingerprint density at radius 1 is 1.33 bits per heavy atom. The summed E-state index contributed by atoms with van der Waals surface area (Å²) in [6.07, 6.45) is 1.80. The Labute approximate surface area is 107 Å². The van der Waals surface area contributed by atoms with E-state index in [0.717, 1.165) is 23.5 Å². The summed E-state index contributed by atoms with van der Waals surface area (Å²) in [6, 6.07) is 5.88. The van der Waals surface area contributed by atoms with Gasteiger partial charge in [-0.15, -0.1) is 0 Å². The van der Waals surface area contributed by atoms with E-state index in [1.54, 1.807) is 4.68 Å². The molecule has 18 heavy (non-hydrogen) atoms. The van der Waals surface area contributed by atoms with Crippen molar-refractivity contribution in [1.82, 2.24) is 14.8 Å². The Morgan fingerprint density at radius 2 is 2.11 bits per heavy atom. The summed E-state index contributed by atoms with van der Waals surface area (Å²) in [4.78, 5) is 16.4. The molecule has 4 heteroatoms. The van der Waals surface area contributed by atoms with Gasteiger partial charge in [-0.25, -0.2) is 9.67 Å². The smallest absolute Gasteiger partial charge is 0.170 e. The second-order valence-electron chi connectivity index (χ2n) is 4.41. The van der Waals surface area contributed by atoms with E-state index >= 15 is 0 Å². The average Bonchev–Trinajstić information content (AvgIpc) is 2.76. The molecule has 2 aromatic rings. The molecule has 0 atom stereocenters. The predicted molar refractivity (Wildman–Crippen MR) is 69.6 cm³/mol. The van der Waals surface area contributed by atoms with Crippen molar-refractivity contribution in [2.45, 2.75) is 33.7 Å². The Bertz CT molecular complexity index is 572. The lowest BCUT2D eigenvalue weighted by molar-refractivity contribution is 0.0989. The van der Waals surface area contributed by atoms with Crippen LogP contribution in [0.2, 0.25) is 0 Å². The van der Waals surface area contributed by atoms with Gasteiger partial charge in [0.1, 0.15) is 12.2 Å². The summed E-state index contributed by atoms with van der Waals surface area (Å²) in [5, 5.41) is 4.07. The first kappa shape index (κ1) is 12.5. The molecule has 0 aliphatic carbocycles. The molecule has 4 nitrogen and oxygen atoms in total. The van der Waals surface area contributed by atoms with E-state index in [1.165, 1.54) is 11.9 Å². The van der Waals surface area contributed by atoms with Crippen LogP contribution in [0.5, 0.6) is 0 Å². The van der Waals surface area contributed by atoms with E-state index in [4.69, 9.17) is 0 Å². The molecule has 94 valence electrons. The third kappa shape index (κ3) is 2.47. The molecule has 1 aromatic carbocycles. The number of hydrogen-bond donors (Lipinski definition) is 0. The zero-order valence-corrected chi connectivity index (χ0v) is 11.0. The van der Waals surface area contributed by atoms with Crippen LogP contribution in [0.1, 0.15) is 34.2 Å². The second kappa shape index (κ2) is 5.12.